The molecule has 7 heteroatoms. The van der Waals surface area contributed by atoms with Gasteiger partial charge in [-0.2, -0.15) is 13.2 Å². The van der Waals surface area contributed by atoms with Crippen molar-refractivity contribution in [1.82, 2.24) is 10.2 Å². The minimum Gasteiger partial charge on any atom is -0.467 e. The smallest absolute Gasteiger partial charge is 0.416 e. The zero-order valence-electron chi connectivity index (χ0n) is 13.6. The lowest BCUT2D eigenvalue weighted by atomic mass is 10.1. The molecular formula is C18H19F3N2O2. The number of carbonyl (C=O) groups excluding carboxylic acids is 1. The van der Waals surface area contributed by atoms with E-state index in [0.717, 1.165) is 37.1 Å². The number of benzene rings is 1. The monoisotopic (exact) mass is 352 g/mol. The van der Waals surface area contributed by atoms with Crippen LogP contribution in [0.4, 0.5) is 13.2 Å². The molecule has 4 nitrogen and oxygen atoms in total. The average molecular weight is 352 g/mol. The highest BCUT2D eigenvalue weighted by molar-refractivity contribution is 5.81. The maximum absolute atomic E-state index is 12.6. The lowest BCUT2D eigenvalue weighted by Gasteiger charge is -2.23. The van der Waals surface area contributed by atoms with Crippen LogP contribution in [0.3, 0.4) is 0 Å². The van der Waals surface area contributed by atoms with Crippen molar-refractivity contribution >= 4 is 5.91 Å². The van der Waals surface area contributed by atoms with Crippen LogP contribution in [0.5, 0.6) is 0 Å². The molecule has 1 fully saturated rings. The van der Waals surface area contributed by atoms with Gasteiger partial charge in [-0.1, -0.05) is 12.1 Å². The van der Waals surface area contributed by atoms with E-state index in [2.05, 4.69) is 5.32 Å². The molecule has 25 heavy (non-hydrogen) atoms. The van der Waals surface area contributed by atoms with Crippen LogP contribution in [0.25, 0.3) is 0 Å². The first-order chi connectivity index (χ1) is 11.9. The number of furan rings is 1. The van der Waals surface area contributed by atoms with Crippen molar-refractivity contribution in [2.75, 3.05) is 6.54 Å². The summed E-state index contributed by atoms with van der Waals surface area (Å²) in [5.41, 5.74) is 0.101. The van der Waals surface area contributed by atoms with Gasteiger partial charge in [-0.05, 0) is 49.2 Å². The van der Waals surface area contributed by atoms with Gasteiger partial charge >= 0.3 is 6.18 Å². The number of hydrogen-bond donors (Lipinski definition) is 1. The van der Waals surface area contributed by atoms with Crippen LogP contribution in [0, 0.1) is 0 Å². The molecule has 1 saturated heterocycles. The number of rotatable bonds is 5. The molecule has 1 aliphatic heterocycles. The highest BCUT2D eigenvalue weighted by atomic mass is 19.4. The van der Waals surface area contributed by atoms with Crippen LogP contribution in [-0.2, 0) is 24.1 Å². The van der Waals surface area contributed by atoms with Gasteiger partial charge in [-0.25, -0.2) is 0 Å². The molecule has 0 spiro atoms. The normalized spacial score (nSPS) is 18.4. The predicted molar refractivity (Wildman–Crippen MR) is 85.4 cm³/mol. The Hall–Kier alpha value is -2.28. The molecular weight excluding hydrogens is 333 g/mol. The summed E-state index contributed by atoms with van der Waals surface area (Å²) in [6.45, 7) is 1.54. The quantitative estimate of drug-likeness (QED) is 0.895. The maximum Gasteiger partial charge on any atom is 0.416 e. The van der Waals surface area contributed by atoms with Crippen LogP contribution in [0.1, 0.15) is 29.7 Å². The molecule has 2 heterocycles. The highest BCUT2D eigenvalue weighted by Crippen LogP contribution is 2.29. The third kappa shape index (κ3) is 4.42. The van der Waals surface area contributed by atoms with Crippen LogP contribution in [0.15, 0.2) is 47.1 Å². The number of halogens is 3. The summed E-state index contributed by atoms with van der Waals surface area (Å²) in [6, 6.07) is 8.38. The highest BCUT2D eigenvalue weighted by Gasteiger charge is 2.32. The Morgan fingerprint density at radius 1 is 1.24 bits per heavy atom. The van der Waals surface area contributed by atoms with Gasteiger partial charge in [0.25, 0.3) is 0 Å². The van der Waals surface area contributed by atoms with Crippen LogP contribution in [0.2, 0.25) is 0 Å². The van der Waals surface area contributed by atoms with E-state index in [1.807, 2.05) is 4.90 Å². The van der Waals surface area contributed by atoms with Gasteiger partial charge in [-0.15, -0.1) is 0 Å². The zero-order chi connectivity index (χ0) is 17.9. The SMILES string of the molecule is O=C(NCc1ccco1)C1CCCN1Cc1ccc(C(F)(F)F)cc1. The third-order valence-electron chi connectivity index (χ3n) is 4.35. The van der Waals surface area contributed by atoms with Gasteiger partial charge < -0.3 is 9.73 Å². The van der Waals surface area contributed by atoms with Crippen molar-refractivity contribution in [3.05, 3.63) is 59.5 Å². The fourth-order valence-electron chi connectivity index (χ4n) is 3.05. The molecule has 0 radical (unpaired) electrons. The summed E-state index contributed by atoms with van der Waals surface area (Å²) in [7, 11) is 0. The first-order valence-electron chi connectivity index (χ1n) is 8.14. The Morgan fingerprint density at radius 3 is 2.64 bits per heavy atom. The molecule has 1 N–H and O–H groups in total. The Morgan fingerprint density at radius 2 is 2.00 bits per heavy atom. The minimum atomic E-state index is -4.33. The van der Waals surface area contributed by atoms with Gasteiger partial charge in [0.05, 0.1) is 24.4 Å². The number of hydrogen-bond acceptors (Lipinski definition) is 3. The number of nitrogens with one attached hydrogen (secondary N) is 1. The van der Waals surface area contributed by atoms with E-state index in [9.17, 15) is 18.0 Å². The number of nitrogens with zero attached hydrogens (tertiary/aromatic N) is 1. The number of alkyl halides is 3. The zero-order valence-corrected chi connectivity index (χ0v) is 13.6. The summed E-state index contributed by atoms with van der Waals surface area (Å²) in [5, 5.41) is 2.85. The third-order valence-corrected chi connectivity index (χ3v) is 4.35. The largest absolute Gasteiger partial charge is 0.467 e. The molecule has 1 aromatic heterocycles. The van der Waals surface area contributed by atoms with E-state index in [0.29, 0.717) is 18.8 Å². The van der Waals surface area contributed by atoms with Gasteiger partial charge in [0.15, 0.2) is 0 Å². The molecule has 0 saturated carbocycles. The summed E-state index contributed by atoms with van der Waals surface area (Å²) in [6.07, 6.45) is -1.15. The lowest BCUT2D eigenvalue weighted by Crippen LogP contribution is -2.42. The van der Waals surface area contributed by atoms with Crippen LogP contribution in [-0.4, -0.2) is 23.4 Å². The number of amides is 1. The Labute approximate surface area is 143 Å². The molecule has 1 aromatic carbocycles. The van der Waals surface area contributed by atoms with Crippen molar-refractivity contribution in [2.45, 2.75) is 38.1 Å². The van der Waals surface area contributed by atoms with Gasteiger partial charge in [0, 0.05) is 6.54 Å². The van der Waals surface area contributed by atoms with E-state index in [-0.39, 0.29) is 11.9 Å². The first kappa shape index (κ1) is 17.5. The summed E-state index contributed by atoms with van der Waals surface area (Å²) in [5.74, 6) is 0.599. The fraction of sp³-hybridized carbons (Fsp3) is 0.389. The van der Waals surface area contributed by atoms with Crippen LogP contribution >= 0.6 is 0 Å². The van der Waals surface area contributed by atoms with E-state index in [1.54, 1.807) is 18.4 Å². The van der Waals surface area contributed by atoms with Crippen molar-refractivity contribution in [2.24, 2.45) is 0 Å². The lowest BCUT2D eigenvalue weighted by molar-refractivity contribution is -0.137. The number of likely N-dealkylation sites (tertiary alicyclic amines) is 1. The predicted octanol–water partition coefficient (Wildman–Crippen LogP) is 3.58. The standard InChI is InChI=1S/C18H19F3N2O2/c19-18(20,21)14-7-5-13(6-8-14)12-23-9-1-4-16(23)17(24)22-11-15-3-2-10-25-15/h2-3,5-8,10,16H,1,4,9,11-12H2,(H,22,24). The Bertz CT molecular complexity index is 696. The Balaban J connectivity index is 1.58. The van der Waals surface area contributed by atoms with Gasteiger partial charge in [0.2, 0.25) is 5.91 Å². The van der Waals surface area contributed by atoms with Gasteiger partial charge in [-0.3, -0.25) is 9.69 Å². The van der Waals surface area contributed by atoms with E-state index in [4.69, 9.17) is 4.42 Å². The topological polar surface area (TPSA) is 45.5 Å². The van der Waals surface area contributed by atoms with Crippen LogP contribution < -0.4 is 5.32 Å². The number of carbonyl (C=O) groups is 1. The molecule has 1 atom stereocenters. The maximum atomic E-state index is 12.6. The second kappa shape index (κ2) is 7.31. The molecule has 1 aliphatic rings. The van der Waals surface area contributed by atoms with E-state index >= 15 is 0 Å². The molecule has 134 valence electrons. The Kier molecular flexibility index (Phi) is 5.13. The van der Waals surface area contributed by atoms with Crippen molar-refractivity contribution in [1.29, 1.82) is 0 Å². The molecule has 0 aliphatic carbocycles. The van der Waals surface area contributed by atoms with Crippen molar-refractivity contribution < 1.29 is 22.4 Å². The molecule has 1 unspecified atom stereocenters. The second-order valence-electron chi connectivity index (χ2n) is 6.12. The first-order valence-corrected chi connectivity index (χ1v) is 8.14. The molecule has 3 rings (SSSR count). The van der Waals surface area contributed by atoms with Gasteiger partial charge in [0.1, 0.15) is 5.76 Å². The average Bonchev–Trinajstić information content (AvgIpc) is 3.24. The van der Waals surface area contributed by atoms with E-state index < -0.39 is 11.7 Å². The van der Waals surface area contributed by atoms with E-state index in [1.165, 1.54) is 12.1 Å². The molecule has 0 bridgehead atoms. The summed E-state index contributed by atoms with van der Waals surface area (Å²) >= 11 is 0. The summed E-state index contributed by atoms with van der Waals surface area (Å²) < 4.78 is 43.1. The minimum absolute atomic E-state index is 0.0826. The van der Waals surface area contributed by atoms with Crippen molar-refractivity contribution in [3.63, 3.8) is 0 Å². The summed E-state index contributed by atoms with van der Waals surface area (Å²) in [4.78, 5) is 14.4. The second-order valence-corrected chi connectivity index (χ2v) is 6.12. The fourth-order valence-corrected chi connectivity index (χ4v) is 3.05. The molecule has 1 amide bonds. The van der Waals surface area contributed by atoms with Crippen molar-refractivity contribution in [3.8, 4) is 0 Å². The molecule has 2 aromatic rings.